The predicted octanol–water partition coefficient (Wildman–Crippen LogP) is 12.2. The predicted molar refractivity (Wildman–Crippen MR) is 171 cm³/mol. The molecular formula is C38H43Zr. The maximum Gasteiger partial charge on any atom is 3.00 e. The van der Waals surface area contributed by atoms with Crippen LogP contribution in [-0.2, 0) is 26.2 Å². The first kappa shape index (κ1) is 31.0. The van der Waals surface area contributed by atoms with Gasteiger partial charge in [0.2, 0.25) is 0 Å². The Kier molecular flexibility index (Phi) is 13.2. The van der Waals surface area contributed by atoms with Gasteiger partial charge in [0, 0.05) is 0 Å². The molecule has 0 heterocycles. The van der Waals surface area contributed by atoms with E-state index in [0.717, 1.165) is 0 Å². The van der Waals surface area contributed by atoms with Crippen molar-refractivity contribution in [2.24, 2.45) is 0 Å². The molecule has 6 aromatic carbocycles. The minimum Gasteiger partial charge on any atom is -0.320 e. The van der Waals surface area contributed by atoms with E-state index in [1.54, 1.807) is 5.92 Å². The number of hydrogen-bond donors (Lipinski definition) is 0. The summed E-state index contributed by atoms with van der Waals surface area (Å²) in [6, 6.07) is 38.5. The summed E-state index contributed by atoms with van der Waals surface area (Å²) in [5, 5.41) is 10.8. The van der Waals surface area contributed by atoms with Gasteiger partial charge < -0.3 is 5.92 Å². The maximum absolute atomic E-state index is 2.27. The van der Waals surface area contributed by atoms with Gasteiger partial charge in [0.1, 0.15) is 0 Å². The maximum atomic E-state index is 2.27. The van der Waals surface area contributed by atoms with Gasteiger partial charge >= 0.3 is 26.2 Å². The zero-order valence-electron chi connectivity index (χ0n) is 24.0. The summed E-state index contributed by atoms with van der Waals surface area (Å²) in [6.45, 7) is 6.74. The molecule has 199 valence electrons. The van der Waals surface area contributed by atoms with Crippen LogP contribution in [0.2, 0.25) is 0 Å². The zero-order chi connectivity index (χ0) is 26.6. The number of benzene rings is 4. The molecule has 0 saturated heterocycles. The Labute approximate surface area is 255 Å². The monoisotopic (exact) mass is 589 g/mol. The van der Waals surface area contributed by atoms with Gasteiger partial charge in [-0.3, -0.25) is 0 Å². The molecule has 0 aromatic heterocycles. The second-order valence-corrected chi connectivity index (χ2v) is 10.7. The third-order valence-electron chi connectivity index (χ3n) is 7.33. The summed E-state index contributed by atoms with van der Waals surface area (Å²) in [5.41, 5.74) is 0. The van der Waals surface area contributed by atoms with Crippen molar-refractivity contribution in [2.75, 3.05) is 0 Å². The fraction of sp³-hybridized carbons (Fsp3) is 0.289. The van der Waals surface area contributed by atoms with Gasteiger partial charge in [0.05, 0.1) is 0 Å². The van der Waals surface area contributed by atoms with E-state index < -0.39 is 0 Å². The van der Waals surface area contributed by atoms with Crippen molar-refractivity contribution in [1.29, 1.82) is 0 Å². The summed E-state index contributed by atoms with van der Waals surface area (Å²) in [7, 11) is 0. The van der Waals surface area contributed by atoms with Gasteiger partial charge in [-0.15, -0.1) is 79.5 Å². The second-order valence-electron chi connectivity index (χ2n) is 10.7. The van der Waals surface area contributed by atoms with Gasteiger partial charge in [-0.2, -0.15) is 20.3 Å². The average molecular weight is 591 g/mol. The molecule has 1 radical (unpaired) electrons. The van der Waals surface area contributed by atoms with Crippen LogP contribution in [-0.4, -0.2) is 0 Å². The summed E-state index contributed by atoms with van der Waals surface area (Å²) in [6.07, 6.45) is 11.3. The van der Waals surface area contributed by atoms with Crippen molar-refractivity contribution in [3.05, 3.63) is 115 Å². The van der Waals surface area contributed by atoms with E-state index >= 15 is 0 Å². The van der Waals surface area contributed by atoms with E-state index in [1.165, 1.54) is 94.5 Å². The Morgan fingerprint density at radius 2 is 0.769 bits per heavy atom. The molecule has 0 aliphatic rings. The molecule has 0 bridgehead atoms. The number of hydrogen-bond acceptors (Lipinski definition) is 0. The summed E-state index contributed by atoms with van der Waals surface area (Å²) in [5.74, 6) is 1.59. The first-order chi connectivity index (χ1) is 18.7. The molecule has 0 saturated carbocycles. The SMILES string of the molecule is CCCCCCCCC[C-](C)C.[Zr+3].c1ccc2c(c1)[cH-]c1ccccc12.c1ccc2c(c1)[cH-]c1ccccc12. The molecule has 0 aliphatic heterocycles. The van der Waals surface area contributed by atoms with Crippen LogP contribution < -0.4 is 0 Å². The van der Waals surface area contributed by atoms with E-state index in [2.05, 4.69) is 130 Å². The Bertz CT molecular complexity index is 1310. The molecular weight excluding hydrogens is 548 g/mol. The molecule has 6 rings (SSSR count). The van der Waals surface area contributed by atoms with Crippen molar-refractivity contribution in [3.8, 4) is 0 Å². The first-order valence-corrected chi connectivity index (χ1v) is 14.5. The molecule has 0 unspecified atom stereocenters. The van der Waals surface area contributed by atoms with Crippen LogP contribution in [0, 0.1) is 5.92 Å². The third-order valence-corrected chi connectivity index (χ3v) is 7.33. The minimum atomic E-state index is 0. The normalized spacial score (nSPS) is 10.8. The Morgan fingerprint density at radius 3 is 1.10 bits per heavy atom. The minimum absolute atomic E-state index is 0. The summed E-state index contributed by atoms with van der Waals surface area (Å²) < 4.78 is 0. The van der Waals surface area contributed by atoms with E-state index in [9.17, 15) is 0 Å². The zero-order valence-corrected chi connectivity index (χ0v) is 26.5. The molecule has 0 spiro atoms. The van der Waals surface area contributed by atoms with Crippen LogP contribution >= 0.6 is 0 Å². The molecule has 0 N–H and O–H groups in total. The Morgan fingerprint density at radius 1 is 0.462 bits per heavy atom. The smallest absolute Gasteiger partial charge is 0.320 e. The molecule has 1 heteroatoms. The molecule has 39 heavy (non-hydrogen) atoms. The summed E-state index contributed by atoms with van der Waals surface area (Å²) in [4.78, 5) is 0. The van der Waals surface area contributed by atoms with Gasteiger partial charge in [-0.1, -0.05) is 125 Å². The molecule has 0 atom stereocenters. The van der Waals surface area contributed by atoms with Crippen molar-refractivity contribution in [1.82, 2.24) is 0 Å². The van der Waals surface area contributed by atoms with Gasteiger partial charge in [0.25, 0.3) is 0 Å². The fourth-order valence-electron chi connectivity index (χ4n) is 5.24. The molecule has 0 nitrogen and oxygen atoms in total. The average Bonchev–Trinajstić information content (AvgIpc) is 3.52. The molecule has 0 fully saturated rings. The second kappa shape index (κ2) is 16.6. The van der Waals surface area contributed by atoms with Crippen LogP contribution in [0.15, 0.2) is 109 Å². The van der Waals surface area contributed by atoms with E-state index in [1.807, 2.05) is 0 Å². The molecule has 0 amide bonds. The van der Waals surface area contributed by atoms with E-state index in [0.29, 0.717) is 0 Å². The van der Waals surface area contributed by atoms with Gasteiger partial charge in [0.15, 0.2) is 0 Å². The van der Waals surface area contributed by atoms with Crippen LogP contribution in [0.4, 0.5) is 0 Å². The summed E-state index contributed by atoms with van der Waals surface area (Å²) >= 11 is 0. The van der Waals surface area contributed by atoms with Crippen molar-refractivity contribution in [2.45, 2.75) is 72.1 Å². The van der Waals surface area contributed by atoms with Crippen LogP contribution in [0.25, 0.3) is 43.1 Å². The first-order valence-electron chi connectivity index (χ1n) is 14.5. The van der Waals surface area contributed by atoms with Crippen LogP contribution in [0.3, 0.4) is 0 Å². The van der Waals surface area contributed by atoms with Gasteiger partial charge in [-0.25, -0.2) is 0 Å². The third kappa shape index (κ3) is 9.01. The fourth-order valence-corrected chi connectivity index (χ4v) is 5.24. The van der Waals surface area contributed by atoms with Crippen LogP contribution in [0.1, 0.15) is 72.1 Å². The molecule has 6 aromatic rings. The molecule has 0 aliphatic carbocycles. The number of unbranched alkanes of at least 4 members (excludes halogenated alkanes) is 6. The Balaban J connectivity index is 0.000000160. The number of rotatable bonds is 8. The van der Waals surface area contributed by atoms with E-state index in [4.69, 9.17) is 0 Å². The van der Waals surface area contributed by atoms with E-state index in [-0.39, 0.29) is 26.2 Å². The van der Waals surface area contributed by atoms with Crippen molar-refractivity contribution >= 4 is 43.1 Å². The Hall–Kier alpha value is -2.50. The standard InChI is InChI=1S/2C13H9.C12H25.Zr/c2*1-3-7-12-10(5-1)9-11-6-2-4-8-13(11)12;1-4-5-6-7-8-9-10-11-12(2)3;/h2*1-9H;4-11H2,1-3H3;/q3*-1;+3. The number of fused-ring (bicyclic) bond motifs is 6. The van der Waals surface area contributed by atoms with Crippen LogP contribution in [0.5, 0.6) is 0 Å². The van der Waals surface area contributed by atoms with Crippen molar-refractivity contribution < 1.29 is 26.2 Å². The quantitative estimate of drug-likeness (QED) is 0.122. The van der Waals surface area contributed by atoms with Gasteiger partial charge in [-0.05, 0) is 0 Å². The van der Waals surface area contributed by atoms with Crippen molar-refractivity contribution in [3.63, 3.8) is 0 Å². The largest absolute Gasteiger partial charge is 3.00 e. The topological polar surface area (TPSA) is 0 Å².